The molecule has 1 saturated carbocycles. The normalized spacial score (nSPS) is 15.1. The minimum Gasteiger partial charge on any atom is -0.310 e. The summed E-state index contributed by atoms with van der Waals surface area (Å²) in [7, 11) is 0. The second kappa shape index (κ2) is 4.00. The molecule has 0 radical (unpaired) electrons. The van der Waals surface area contributed by atoms with Gasteiger partial charge >= 0.3 is 0 Å². The molecule has 1 N–H and O–H groups in total. The summed E-state index contributed by atoms with van der Waals surface area (Å²) in [6.07, 6.45) is 2.52. The summed E-state index contributed by atoms with van der Waals surface area (Å²) >= 11 is 5.80. The summed E-state index contributed by atoms with van der Waals surface area (Å²) in [5.74, 6) is 0. The Kier molecular flexibility index (Phi) is 2.72. The van der Waals surface area contributed by atoms with Gasteiger partial charge in [0.15, 0.2) is 0 Å². The van der Waals surface area contributed by atoms with Gasteiger partial charge in [-0.15, -0.1) is 0 Å². The first-order chi connectivity index (χ1) is 6.79. The van der Waals surface area contributed by atoms with Gasteiger partial charge in [-0.2, -0.15) is 5.26 Å². The highest BCUT2D eigenvalue weighted by Gasteiger charge is 2.20. The van der Waals surface area contributed by atoms with E-state index in [1.54, 1.807) is 6.07 Å². The molecule has 1 aromatic carbocycles. The molecule has 0 aliphatic heterocycles. The molecule has 1 aliphatic rings. The Hall–Kier alpha value is -1.04. The van der Waals surface area contributed by atoms with E-state index in [0.29, 0.717) is 16.6 Å². The lowest BCUT2D eigenvalue weighted by Crippen LogP contribution is -2.16. The molecule has 14 heavy (non-hydrogen) atoms. The van der Waals surface area contributed by atoms with E-state index in [-0.39, 0.29) is 0 Å². The maximum atomic E-state index is 8.89. The number of nitrogens with one attached hydrogen (secondary N) is 1. The molecule has 0 spiro atoms. The lowest BCUT2D eigenvalue weighted by atomic mass is 10.1. The fourth-order valence-electron chi connectivity index (χ4n) is 1.35. The van der Waals surface area contributed by atoms with E-state index in [9.17, 15) is 0 Å². The standard InChI is InChI=1S/C11H11ClN2/c12-10-2-1-8(9(5-10)6-13)7-14-11-3-4-11/h1-2,5,11,14H,3-4,7H2. The number of hydrogen-bond donors (Lipinski definition) is 1. The van der Waals surface area contributed by atoms with Crippen LogP contribution in [0.1, 0.15) is 24.0 Å². The van der Waals surface area contributed by atoms with Gasteiger partial charge in [0.05, 0.1) is 11.6 Å². The van der Waals surface area contributed by atoms with Gasteiger partial charge in [0.1, 0.15) is 0 Å². The van der Waals surface area contributed by atoms with Crippen molar-refractivity contribution in [2.75, 3.05) is 0 Å². The zero-order chi connectivity index (χ0) is 9.97. The molecule has 72 valence electrons. The number of nitriles is 1. The molecule has 2 rings (SSSR count). The first-order valence-corrected chi connectivity index (χ1v) is 5.09. The van der Waals surface area contributed by atoms with Crippen molar-refractivity contribution in [3.8, 4) is 6.07 Å². The van der Waals surface area contributed by atoms with Crippen LogP contribution in [0, 0.1) is 11.3 Å². The SMILES string of the molecule is N#Cc1cc(Cl)ccc1CNC1CC1. The zero-order valence-corrected chi connectivity index (χ0v) is 8.51. The molecular formula is C11H11ClN2. The van der Waals surface area contributed by atoms with Gasteiger partial charge in [0.25, 0.3) is 0 Å². The summed E-state index contributed by atoms with van der Waals surface area (Å²) in [6.45, 7) is 0.769. The number of benzene rings is 1. The molecule has 1 aromatic rings. The van der Waals surface area contributed by atoms with Crippen LogP contribution < -0.4 is 5.32 Å². The average molecular weight is 207 g/mol. The Morgan fingerprint density at radius 3 is 2.93 bits per heavy atom. The molecule has 0 unspecified atom stereocenters. The minimum atomic E-state index is 0.622. The van der Waals surface area contributed by atoms with Gasteiger partial charge in [-0.25, -0.2) is 0 Å². The molecular weight excluding hydrogens is 196 g/mol. The van der Waals surface area contributed by atoms with E-state index in [4.69, 9.17) is 16.9 Å². The molecule has 0 heterocycles. The van der Waals surface area contributed by atoms with Crippen LogP contribution >= 0.6 is 11.6 Å². The smallest absolute Gasteiger partial charge is 0.0995 e. The summed E-state index contributed by atoms with van der Waals surface area (Å²) in [4.78, 5) is 0. The van der Waals surface area contributed by atoms with Crippen molar-refractivity contribution in [3.63, 3.8) is 0 Å². The van der Waals surface area contributed by atoms with E-state index in [0.717, 1.165) is 12.1 Å². The number of nitrogens with zero attached hydrogens (tertiary/aromatic N) is 1. The lowest BCUT2D eigenvalue weighted by molar-refractivity contribution is 0.687. The van der Waals surface area contributed by atoms with Crippen LogP contribution in [0.15, 0.2) is 18.2 Å². The topological polar surface area (TPSA) is 35.8 Å². The fraction of sp³-hybridized carbons (Fsp3) is 0.364. The van der Waals surface area contributed by atoms with Gasteiger partial charge in [0.2, 0.25) is 0 Å². The van der Waals surface area contributed by atoms with Gasteiger partial charge < -0.3 is 5.32 Å². The molecule has 3 heteroatoms. The van der Waals surface area contributed by atoms with Crippen molar-refractivity contribution in [1.29, 1.82) is 5.26 Å². The first-order valence-electron chi connectivity index (χ1n) is 4.71. The first kappa shape index (κ1) is 9.51. The highest BCUT2D eigenvalue weighted by Crippen LogP contribution is 2.21. The number of hydrogen-bond acceptors (Lipinski definition) is 2. The van der Waals surface area contributed by atoms with Gasteiger partial charge in [0, 0.05) is 17.6 Å². The number of rotatable bonds is 3. The molecule has 1 fully saturated rings. The van der Waals surface area contributed by atoms with E-state index in [1.807, 2.05) is 12.1 Å². The lowest BCUT2D eigenvalue weighted by Gasteiger charge is -2.05. The molecule has 0 amide bonds. The maximum absolute atomic E-state index is 8.89. The van der Waals surface area contributed by atoms with Crippen LogP contribution in [-0.2, 0) is 6.54 Å². The van der Waals surface area contributed by atoms with E-state index < -0.39 is 0 Å². The van der Waals surface area contributed by atoms with Crippen LogP contribution in [0.4, 0.5) is 0 Å². The molecule has 0 atom stereocenters. The Morgan fingerprint density at radius 1 is 1.50 bits per heavy atom. The Labute approximate surface area is 88.5 Å². The van der Waals surface area contributed by atoms with Crippen molar-refractivity contribution in [2.45, 2.75) is 25.4 Å². The van der Waals surface area contributed by atoms with Crippen LogP contribution in [0.3, 0.4) is 0 Å². The minimum absolute atomic E-state index is 0.622. The van der Waals surface area contributed by atoms with Crippen molar-refractivity contribution < 1.29 is 0 Å². The third-order valence-corrected chi connectivity index (χ3v) is 2.59. The summed E-state index contributed by atoms with van der Waals surface area (Å²) < 4.78 is 0. The molecule has 0 bridgehead atoms. The molecule has 1 aliphatic carbocycles. The largest absolute Gasteiger partial charge is 0.310 e. The summed E-state index contributed by atoms with van der Waals surface area (Å²) in [6, 6.07) is 8.27. The van der Waals surface area contributed by atoms with E-state index in [2.05, 4.69) is 11.4 Å². The quantitative estimate of drug-likeness (QED) is 0.825. The van der Waals surface area contributed by atoms with Crippen LogP contribution in [0.5, 0.6) is 0 Å². The third-order valence-electron chi connectivity index (χ3n) is 2.35. The maximum Gasteiger partial charge on any atom is 0.0995 e. The van der Waals surface area contributed by atoms with Gasteiger partial charge in [-0.1, -0.05) is 17.7 Å². The second-order valence-electron chi connectivity index (χ2n) is 3.57. The highest BCUT2D eigenvalue weighted by molar-refractivity contribution is 6.30. The van der Waals surface area contributed by atoms with Crippen molar-refractivity contribution in [2.24, 2.45) is 0 Å². The van der Waals surface area contributed by atoms with Crippen molar-refractivity contribution >= 4 is 11.6 Å². The van der Waals surface area contributed by atoms with Crippen molar-refractivity contribution in [3.05, 3.63) is 34.3 Å². The predicted octanol–water partition coefficient (Wildman–Crippen LogP) is 2.46. The Morgan fingerprint density at radius 2 is 2.29 bits per heavy atom. The molecule has 2 nitrogen and oxygen atoms in total. The van der Waals surface area contributed by atoms with Crippen LogP contribution in [-0.4, -0.2) is 6.04 Å². The van der Waals surface area contributed by atoms with E-state index in [1.165, 1.54) is 12.8 Å². The summed E-state index contributed by atoms with van der Waals surface area (Å²) in [5.41, 5.74) is 1.70. The molecule has 0 aromatic heterocycles. The van der Waals surface area contributed by atoms with Crippen molar-refractivity contribution in [1.82, 2.24) is 5.32 Å². The summed E-state index contributed by atoms with van der Waals surface area (Å²) in [5, 5.41) is 12.9. The Bertz CT molecular complexity index is 377. The monoisotopic (exact) mass is 206 g/mol. The second-order valence-corrected chi connectivity index (χ2v) is 4.00. The predicted molar refractivity (Wildman–Crippen MR) is 56.0 cm³/mol. The number of halogens is 1. The average Bonchev–Trinajstić information content (AvgIpc) is 2.99. The Balaban J connectivity index is 2.10. The highest BCUT2D eigenvalue weighted by atomic mass is 35.5. The zero-order valence-electron chi connectivity index (χ0n) is 7.76. The fourth-order valence-corrected chi connectivity index (χ4v) is 1.52. The van der Waals surface area contributed by atoms with Crippen LogP contribution in [0.2, 0.25) is 5.02 Å². The molecule has 0 saturated heterocycles. The third kappa shape index (κ3) is 2.25. The van der Waals surface area contributed by atoms with Gasteiger partial charge in [-0.05, 0) is 30.5 Å². The van der Waals surface area contributed by atoms with Gasteiger partial charge in [-0.3, -0.25) is 0 Å². The van der Waals surface area contributed by atoms with Crippen LogP contribution in [0.25, 0.3) is 0 Å². The van der Waals surface area contributed by atoms with E-state index >= 15 is 0 Å².